The molecule has 0 spiro atoms. The van der Waals surface area contributed by atoms with E-state index in [-0.39, 0.29) is 35.8 Å². The minimum absolute atomic E-state index is 0.110. The minimum Gasteiger partial charge on any atom is -0.488 e. The second-order valence-corrected chi connectivity index (χ2v) is 11.2. The molecule has 2 aromatic carbocycles. The van der Waals surface area contributed by atoms with Gasteiger partial charge in [-0.1, -0.05) is 51.1 Å². The average molecular weight is 498 g/mol. The summed E-state index contributed by atoms with van der Waals surface area (Å²) in [6.45, 7) is 11.2. The van der Waals surface area contributed by atoms with Gasteiger partial charge in [-0.2, -0.15) is 0 Å². The number of amides is 2. The Morgan fingerprint density at radius 1 is 1.08 bits per heavy atom. The molecule has 1 fully saturated rings. The quantitative estimate of drug-likeness (QED) is 0.512. The fraction of sp³-hybridized carbons (Fsp3) is 0.464. The number of hydrogen-bond acceptors (Lipinski definition) is 5. The van der Waals surface area contributed by atoms with E-state index >= 15 is 4.39 Å². The van der Waals surface area contributed by atoms with Crippen LogP contribution in [0.2, 0.25) is 0 Å². The summed E-state index contributed by atoms with van der Waals surface area (Å²) in [4.78, 5) is 41.3. The van der Waals surface area contributed by atoms with E-state index in [1.54, 1.807) is 27.8 Å². The van der Waals surface area contributed by atoms with Gasteiger partial charge in [-0.05, 0) is 38.0 Å². The molecule has 1 aliphatic rings. The number of nitrogens with zero attached hydrogens (tertiary/aromatic N) is 2. The average Bonchev–Trinajstić information content (AvgIpc) is 3.04. The molecule has 36 heavy (non-hydrogen) atoms. The van der Waals surface area contributed by atoms with Crippen LogP contribution in [0.15, 0.2) is 42.5 Å². The predicted octanol–water partition coefficient (Wildman–Crippen LogP) is 5.21. The summed E-state index contributed by atoms with van der Waals surface area (Å²) < 4.78 is 26.6. The van der Waals surface area contributed by atoms with E-state index in [4.69, 9.17) is 9.47 Å². The van der Waals surface area contributed by atoms with Gasteiger partial charge in [-0.25, -0.2) is 9.18 Å². The van der Waals surface area contributed by atoms with Crippen molar-refractivity contribution >= 4 is 18.3 Å². The predicted molar refractivity (Wildman–Crippen MR) is 134 cm³/mol. The van der Waals surface area contributed by atoms with Crippen molar-refractivity contribution in [1.82, 2.24) is 9.80 Å². The first-order valence-corrected chi connectivity index (χ1v) is 11.9. The number of carbonyl (C=O) groups excluding carboxylic acids is 3. The van der Waals surface area contributed by atoms with Crippen molar-refractivity contribution in [2.75, 3.05) is 7.05 Å². The number of benzene rings is 2. The zero-order chi connectivity index (χ0) is 26.8. The number of aldehydes is 1. The van der Waals surface area contributed by atoms with Gasteiger partial charge in [-0.15, -0.1) is 0 Å². The maximum atomic E-state index is 15.2. The fourth-order valence-electron chi connectivity index (χ4n) is 4.49. The topological polar surface area (TPSA) is 76.2 Å². The third-order valence-electron chi connectivity index (χ3n) is 5.93. The minimum atomic E-state index is -0.987. The monoisotopic (exact) mass is 497 g/mol. The van der Waals surface area contributed by atoms with Gasteiger partial charge in [0.25, 0.3) is 0 Å². The van der Waals surface area contributed by atoms with E-state index in [1.807, 2.05) is 51.1 Å². The summed E-state index contributed by atoms with van der Waals surface area (Å²) in [5, 5.41) is 0. The van der Waals surface area contributed by atoms with Gasteiger partial charge < -0.3 is 14.4 Å². The van der Waals surface area contributed by atoms with Gasteiger partial charge in [0.05, 0.1) is 5.56 Å². The van der Waals surface area contributed by atoms with Crippen LogP contribution in [0.5, 0.6) is 5.75 Å². The summed E-state index contributed by atoms with van der Waals surface area (Å²) >= 11 is 0. The first-order chi connectivity index (χ1) is 16.7. The standard InChI is InChI=1S/C28H35FN2O5/c1-27(2,3)25-30(7)24(33)22(31(25)26(34)36-28(4,5)6)14-19-13-20(16-32)23(15-21(19)29)35-17-18-11-9-8-10-12-18/h8-13,15-16,22,25H,14,17H2,1-7H3/t22-,25+/m1/s1/i29-1. The molecule has 1 saturated heterocycles. The molecular weight excluding hydrogens is 462 g/mol. The van der Waals surface area contributed by atoms with Crippen LogP contribution in [0.25, 0.3) is 0 Å². The molecule has 0 aromatic heterocycles. The third kappa shape index (κ3) is 6.04. The van der Waals surface area contributed by atoms with Crippen LogP contribution in [-0.4, -0.2) is 52.9 Å². The zero-order valence-electron chi connectivity index (χ0n) is 22.0. The number of ether oxygens (including phenoxy) is 2. The Hall–Kier alpha value is -3.42. The Morgan fingerprint density at radius 2 is 1.72 bits per heavy atom. The zero-order valence-corrected chi connectivity index (χ0v) is 22.0. The van der Waals surface area contributed by atoms with Gasteiger partial charge in [0.2, 0.25) is 5.91 Å². The van der Waals surface area contributed by atoms with E-state index in [2.05, 4.69) is 0 Å². The number of halogens is 1. The van der Waals surface area contributed by atoms with Gasteiger partial charge in [0, 0.05) is 24.9 Å². The lowest BCUT2D eigenvalue weighted by Gasteiger charge is -2.39. The van der Waals surface area contributed by atoms with E-state index in [0.717, 1.165) is 11.6 Å². The number of hydrogen-bond donors (Lipinski definition) is 0. The Balaban J connectivity index is 1.93. The Kier molecular flexibility index (Phi) is 7.76. The molecule has 0 N–H and O–H groups in total. The van der Waals surface area contributed by atoms with Crippen molar-refractivity contribution in [2.45, 2.75) is 72.4 Å². The van der Waals surface area contributed by atoms with Crippen LogP contribution in [0.4, 0.5) is 9.18 Å². The Labute approximate surface area is 212 Å². The van der Waals surface area contributed by atoms with Crippen LogP contribution in [0.3, 0.4) is 0 Å². The van der Waals surface area contributed by atoms with Crippen LogP contribution < -0.4 is 4.74 Å². The van der Waals surface area contributed by atoms with Crippen molar-refractivity contribution in [2.24, 2.45) is 5.41 Å². The van der Waals surface area contributed by atoms with Crippen LogP contribution >= 0.6 is 0 Å². The highest BCUT2D eigenvalue weighted by Gasteiger charge is 2.52. The number of likely N-dealkylation sites (N-methyl/N-ethyl adjacent to an activating group) is 1. The first-order valence-electron chi connectivity index (χ1n) is 11.9. The SMILES string of the molecule is CN1C(=O)[C@@H](Cc2cc(C=O)c(OCc3ccccc3)cc2[18F])N(C(=O)OC(C)(C)C)[C@H]1C(C)(C)C. The molecule has 1 aliphatic heterocycles. The highest BCUT2D eigenvalue weighted by Crippen LogP contribution is 2.37. The molecule has 194 valence electrons. The molecule has 7 nitrogen and oxygen atoms in total. The molecule has 0 aliphatic carbocycles. The summed E-state index contributed by atoms with van der Waals surface area (Å²) in [5.74, 6) is -0.832. The fourth-order valence-corrected chi connectivity index (χ4v) is 4.49. The van der Waals surface area contributed by atoms with Crippen LogP contribution in [-0.2, 0) is 22.6 Å². The summed E-state index contributed by atoms with van der Waals surface area (Å²) in [7, 11) is 1.63. The first kappa shape index (κ1) is 27.2. The second kappa shape index (κ2) is 10.3. The molecule has 0 radical (unpaired) electrons. The molecule has 0 bridgehead atoms. The third-order valence-corrected chi connectivity index (χ3v) is 5.93. The lowest BCUT2D eigenvalue weighted by atomic mass is 9.91. The maximum absolute atomic E-state index is 15.2. The summed E-state index contributed by atoms with van der Waals surface area (Å²) in [5.41, 5.74) is -0.0874. The van der Waals surface area contributed by atoms with Crippen molar-refractivity contribution < 1.29 is 28.2 Å². The smallest absolute Gasteiger partial charge is 0.412 e. The van der Waals surface area contributed by atoms with E-state index in [9.17, 15) is 14.4 Å². The molecular formula is C28H35FN2O5. The van der Waals surface area contributed by atoms with Gasteiger partial charge in [0.1, 0.15) is 36.0 Å². The molecule has 2 atom stereocenters. The molecule has 2 aromatic rings. The van der Waals surface area contributed by atoms with Crippen molar-refractivity contribution in [3.8, 4) is 5.75 Å². The second-order valence-electron chi connectivity index (χ2n) is 11.2. The van der Waals surface area contributed by atoms with E-state index < -0.39 is 35.1 Å². The lowest BCUT2D eigenvalue weighted by Crippen LogP contribution is -2.52. The van der Waals surface area contributed by atoms with Gasteiger partial charge in [0.15, 0.2) is 6.29 Å². The molecule has 3 rings (SSSR count). The van der Waals surface area contributed by atoms with E-state index in [0.29, 0.717) is 6.29 Å². The Morgan fingerprint density at radius 3 is 2.28 bits per heavy atom. The molecule has 1 heterocycles. The van der Waals surface area contributed by atoms with Crippen LogP contribution in [0, 0.1) is 11.2 Å². The van der Waals surface area contributed by atoms with Gasteiger partial charge >= 0.3 is 6.09 Å². The molecule has 0 saturated carbocycles. The number of carbonyl (C=O) groups is 3. The molecule has 8 heteroatoms. The summed E-state index contributed by atoms with van der Waals surface area (Å²) in [6.07, 6.45) is -0.758. The molecule has 0 unspecified atom stereocenters. The molecule has 2 amide bonds. The maximum Gasteiger partial charge on any atom is 0.412 e. The lowest BCUT2D eigenvalue weighted by molar-refractivity contribution is -0.129. The highest BCUT2D eigenvalue weighted by atomic mass is 18.2. The van der Waals surface area contributed by atoms with Crippen molar-refractivity contribution in [1.29, 1.82) is 0 Å². The van der Waals surface area contributed by atoms with Crippen molar-refractivity contribution in [3.05, 3.63) is 65.0 Å². The van der Waals surface area contributed by atoms with Crippen LogP contribution in [0.1, 0.15) is 63.0 Å². The Bertz CT molecular complexity index is 1120. The van der Waals surface area contributed by atoms with Crippen molar-refractivity contribution in [3.63, 3.8) is 0 Å². The van der Waals surface area contributed by atoms with E-state index in [1.165, 1.54) is 15.9 Å². The van der Waals surface area contributed by atoms with Gasteiger partial charge in [-0.3, -0.25) is 14.5 Å². The summed E-state index contributed by atoms with van der Waals surface area (Å²) in [6, 6.07) is 10.9. The number of rotatable bonds is 6. The normalized spacial score (nSPS) is 18.4. The largest absolute Gasteiger partial charge is 0.488 e. The highest BCUT2D eigenvalue weighted by molar-refractivity contribution is 5.90.